The molecule has 1 heteroatoms. The molecule has 1 nitrogen and oxygen atoms in total. The topological polar surface area (TPSA) is 20.2 Å². The molecule has 2 unspecified atom stereocenters. The van der Waals surface area contributed by atoms with Crippen LogP contribution in [0.1, 0.15) is 58.8 Å². The normalized spacial score (nSPS) is 25.2. The van der Waals surface area contributed by atoms with E-state index >= 15 is 0 Å². The summed E-state index contributed by atoms with van der Waals surface area (Å²) in [6.45, 7) is 4.35. The molecule has 0 spiro atoms. The Kier molecular flexibility index (Phi) is 4.79. The molecule has 0 aromatic heterocycles. The van der Waals surface area contributed by atoms with E-state index < -0.39 is 0 Å². The number of hydrogen-bond acceptors (Lipinski definition) is 1. The molecule has 2 atom stereocenters. The Morgan fingerprint density at radius 1 is 1.15 bits per heavy atom. The van der Waals surface area contributed by atoms with Crippen molar-refractivity contribution in [2.45, 2.75) is 64.9 Å². The molecule has 13 heavy (non-hydrogen) atoms. The van der Waals surface area contributed by atoms with Crippen LogP contribution < -0.4 is 0 Å². The Labute approximate surface area is 82.5 Å². The fourth-order valence-electron chi connectivity index (χ4n) is 2.36. The van der Waals surface area contributed by atoms with Crippen molar-refractivity contribution in [3.8, 4) is 0 Å². The van der Waals surface area contributed by atoms with Crippen molar-refractivity contribution in [2.24, 2.45) is 11.8 Å². The number of hydrogen-bond donors (Lipinski definition) is 1. The van der Waals surface area contributed by atoms with E-state index in [1.807, 2.05) is 0 Å². The van der Waals surface area contributed by atoms with Crippen LogP contribution in [0.3, 0.4) is 0 Å². The van der Waals surface area contributed by atoms with Crippen LogP contribution in [0.4, 0.5) is 0 Å². The zero-order valence-corrected chi connectivity index (χ0v) is 9.13. The largest absolute Gasteiger partial charge is 0.393 e. The van der Waals surface area contributed by atoms with E-state index in [0.717, 1.165) is 6.42 Å². The molecule has 0 aromatic rings. The van der Waals surface area contributed by atoms with Crippen molar-refractivity contribution in [1.29, 1.82) is 0 Å². The van der Waals surface area contributed by atoms with Crippen molar-refractivity contribution in [2.75, 3.05) is 0 Å². The molecule has 1 aliphatic carbocycles. The summed E-state index contributed by atoms with van der Waals surface area (Å²) in [5.41, 5.74) is 0. The van der Waals surface area contributed by atoms with E-state index in [-0.39, 0.29) is 6.10 Å². The summed E-state index contributed by atoms with van der Waals surface area (Å²) in [6, 6.07) is 0. The second-order valence-electron chi connectivity index (χ2n) is 4.63. The number of aliphatic hydroxyl groups is 1. The van der Waals surface area contributed by atoms with Gasteiger partial charge in [0.1, 0.15) is 0 Å². The summed E-state index contributed by atoms with van der Waals surface area (Å²) in [4.78, 5) is 0. The molecule has 1 rings (SSSR count). The van der Waals surface area contributed by atoms with E-state index in [4.69, 9.17) is 0 Å². The fourth-order valence-corrected chi connectivity index (χ4v) is 2.36. The van der Waals surface area contributed by atoms with Crippen LogP contribution >= 0.6 is 0 Å². The third-order valence-electron chi connectivity index (χ3n) is 3.61. The number of rotatable bonds is 3. The molecule has 1 fully saturated rings. The molecule has 1 N–H and O–H groups in total. The molecular formula is C12H24O. The Morgan fingerprint density at radius 3 is 2.15 bits per heavy atom. The fraction of sp³-hybridized carbons (Fsp3) is 1.00. The third kappa shape index (κ3) is 3.30. The molecular weight excluding hydrogens is 160 g/mol. The Hall–Kier alpha value is -0.0400. The van der Waals surface area contributed by atoms with E-state index in [0.29, 0.717) is 11.8 Å². The smallest absolute Gasteiger partial charge is 0.0593 e. The van der Waals surface area contributed by atoms with Crippen molar-refractivity contribution in [1.82, 2.24) is 0 Å². The molecule has 0 bridgehead atoms. The molecule has 0 aliphatic heterocycles. The maximum Gasteiger partial charge on any atom is 0.0593 e. The van der Waals surface area contributed by atoms with Gasteiger partial charge in [-0.2, -0.15) is 0 Å². The van der Waals surface area contributed by atoms with Gasteiger partial charge in [0.25, 0.3) is 0 Å². The maximum absolute atomic E-state index is 10.1. The standard InChI is InChI=1S/C12H24O/c1-3-10(2)12(13)11-8-6-4-5-7-9-11/h10-13H,3-9H2,1-2H3. The van der Waals surface area contributed by atoms with E-state index in [1.54, 1.807) is 0 Å². The first-order valence-corrected chi connectivity index (χ1v) is 5.93. The van der Waals surface area contributed by atoms with Gasteiger partial charge in [-0.05, 0) is 24.7 Å². The maximum atomic E-state index is 10.1. The van der Waals surface area contributed by atoms with Crippen LogP contribution in [-0.4, -0.2) is 11.2 Å². The van der Waals surface area contributed by atoms with Gasteiger partial charge in [-0.1, -0.05) is 46.0 Å². The van der Waals surface area contributed by atoms with Crippen LogP contribution in [0.5, 0.6) is 0 Å². The average Bonchev–Trinajstić information content (AvgIpc) is 2.43. The lowest BCUT2D eigenvalue weighted by Gasteiger charge is -2.25. The minimum Gasteiger partial charge on any atom is -0.393 e. The summed E-state index contributed by atoms with van der Waals surface area (Å²) in [5, 5.41) is 10.1. The molecule has 0 amide bonds. The van der Waals surface area contributed by atoms with Crippen molar-refractivity contribution in [3.63, 3.8) is 0 Å². The summed E-state index contributed by atoms with van der Waals surface area (Å²) in [5.74, 6) is 1.08. The molecule has 0 aromatic carbocycles. The first kappa shape index (κ1) is 11.0. The lowest BCUT2D eigenvalue weighted by molar-refractivity contribution is 0.0487. The van der Waals surface area contributed by atoms with Gasteiger partial charge in [-0.25, -0.2) is 0 Å². The highest BCUT2D eigenvalue weighted by molar-refractivity contribution is 4.75. The minimum absolute atomic E-state index is 0.0388. The first-order valence-electron chi connectivity index (χ1n) is 5.93. The Morgan fingerprint density at radius 2 is 1.69 bits per heavy atom. The second kappa shape index (κ2) is 5.64. The monoisotopic (exact) mass is 184 g/mol. The third-order valence-corrected chi connectivity index (χ3v) is 3.61. The van der Waals surface area contributed by atoms with Crippen LogP contribution in [-0.2, 0) is 0 Å². The molecule has 0 radical (unpaired) electrons. The molecule has 0 heterocycles. The summed E-state index contributed by atoms with van der Waals surface area (Å²) < 4.78 is 0. The van der Waals surface area contributed by atoms with Gasteiger partial charge >= 0.3 is 0 Å². The highest BCUT2D eigenvalue weighted by atomic mass is 16.3. The van der Waals surface area contributed by atoms with Gasteiger partial charge in [0.2, 0.25) is 0 Å². The van der Waals surface area contributed by atoms with Crippen LogP contribution in [0, 0.1) is 11.8 Å². The Bertz CT molecular complexity index is 125. The van der Waals surface area contributed by atoms with Crippen LogP contribution in [0.2, 0.25) is 0 Å². The Balaban J connectivity index is 2.38. The van der Waals surface area contributed by atoms with E-state index in [9.17, 15) is 5.11 Å². The van der Waals surface area contributed by atoms with Gasteiger partial charge in [0.05, 0.1) is 6.10 Å². The summed E-state index contributed by atoms with van der Waals surface area (Å²) in [7, 11) is 0. The summed E-state index contributed by atoms with van der Waals surface area (Å²) in [6.07, 6.45) is 9.00. The van der Waals surface area contributed by atoms with Crippen LogP contribution in [0.15, 0.2) is 0 Å². The quantitative estimate of drug-likeness (QED) is 0.667. The van der Waals surface area contributed by atoms with Crippen LogP contribution in [0.25, 0.3) is 0 Å². The molecule has 0 saturated heterocycles. The van der Waals surface area contributed by atoms with Crippen molar-refractivity contribution in [3.05, 3.63) is 0 Å². The van der Waals surface area contributed by atoms with E-state index in [1.165, 1.54) is 38.5 Å². The SMILES string of the molecule is CCC(C)C(O)C1CCCCCC1. The lowest BCUT2D eigenvalue weighted by Crippen LogP contribution is -2.26. The predicted molar refractivity (Wildman–Crippen MR) is 56.7 cm³/mol. The van der Waals surface area contributed by atoms with Crippen molar-refractivity contribution < 1.29 is 5.11 Å². The minimum atomic E-state index is -0.0388. The van der Waals surface area contributed by atoms with E-state index in [2.05, 4.69) is 13.8 Å². The predicted octanol–water partition coefficient (Wildman–Crippen LogP) is 3.36. The summed E-state index contributed by atoms with van der Waals surface area (Å²) >= 11 is 0. The van der Waals surface area contributed by atoms with Crippen molar-refractivity contribution >= 4 is 0 Å². The zero-order valence-electron chi connectivity index (χ0n) is 9.13. The van der Waals surface area contributed by atoms with Gasteiger partial charge in [-0.15, -0.1) is 0 Å². The molecule has 1 aliphatic rings. The van der Waals surface area contributed by atoms with Gasteiger partial charge in [0.15, 0.2) is 0 Å². The van der Waals surface area contributed by atoms with Gasteiger partial charge < -0.3 is 5.11 Å². The average molecular weight is 184 g/mol. The first-order chi connectivity index (χ1) is 6.25. The zero-order chi connectivity index (χ0) is 9.68. The van der Waals surface area contributed by atoms with Gasteiger partial charge in [0, 0.05) is 0 Å². The second-order valence-corrected chi connectivity index (χ2v) is 4.63. The molecule has 78 valence electrons. The molecule has 1 saturated carbocycles. The highest BCUT2D eigenvalue weighted by Gasteiger charge is 2.24. The lowest BCUT2D eigenvalue weighted by atomic mass is 9.85. The number of aliphatic hydroxyl groups excluding tert-OH is 1. The highest BCUT2D eigenvalue weighted by Crippen LogP contribution is 2.29. The van der Waals surface area contributed by atoms with Gasteiger partial charge in [-0.3, -0.25) is 0 Å².